The van der Waals surface area contributed by atoms with Crippen LogP contribution in [-0.2, 0) is 0 Å². The van der Waals surface area contributed by atoms with E-state index < -0.39 is 18.6 Å². The number of carbonyl (C=O) groups excluding carboxylic acids is 1. The van der Waals surface area contributed by atoms with Crippen molar-refractivity contribution in [1.82, 2.24) is 10.3 Å². The van der Waals surface area contributed by atoms with Crippen LogP contribution in [0.25, 0.3) is 0 Å². The van der Waals surface area contributed by atoms with Gasteiger partial charge in [-0.05, 0) is 12.1 Å². The highest BCUT2D eigenvalue weighted by molar-refractivity contribution is 5.92. The lowest BCUT2D eigenvalue weighted by atomic mass is 10.4. The topological polar surface area (TPSA) is 44.9 Å². The highest BCUT2D eigenvalue weighted by Gasteiger charge is 2.27. The predicted molar refractivity (Wildman–Crippen MR) is 39.2 cm³/mol. The molecule has 0 aliphatic carbocycles. The van der Waals surface area contributed by atoms with E-state index in [9.17, 15) is 18.0 Å². The summed E-state index contributed by atoms with van der Waals surface area (Å²) in [5, 5.41) is 1.73. The van der Waals surface area contributed by atoms with E-state index in [2.05, 4.69) is 4.98 Å². The van der Waals surface area contributed by atoms with Crippen LogP contribution in [0.1, 0.15) is 10.5 Å². The number of nitrogens with one attached hydrogen (secondary N) is 2. The highest BCUT2D eigenvalue weighted by atomic mass is 19.4. The van der Waals surface area contributed by atoms with E-state index >= 15 is 0 Å². The van der Waals surface area contributed by atoms with E-state index in [1.54, 1.807) is 5.32 Å². The van der Waals surface area contributed by atoms with Crippen LogP contribution in [0.4, 0.5) is 13.2 Å². The summed E-state index contributed by atoms with van der Waals surface area (Å²) < 4.78 is 34.9. The molecule has 2 N–H and O–H groups in total. The number of aromatic nitrogens is 1. The van der Waals surface area contributed by atoms with Gasteiger partial charge >= 0.3 is 6.18 Å². The molecule has 1 aromatic heterocycles. The van der Waals surface area contributed by atoms with Crippen LogP contribution in [0.15, 0.2) is 18.3 Å². The van der Waals surface area contributed by atoms with E-state index in [1.807, 2.05) is 0 Å². The first-order valence-corrected chi connectivity index (χ1v) is 3.47. The van der Waals surface area contributed by atoms with Crippen molar-refractivity contribution >= 4 is 5.91 Å². The van der Waals surface area contributed by atoms with Gasteiger partial charge in [0.1, 0.15) is 12.2 Å². The number of aromatic amines is 1. The molecule has 1 amide bonds. The average Bonchev–Trinajstić information content (AvgIpc) is 2.50. The molecule has 0 fully saturated rings. The Hall–Kier alpha value is -1.46. The largest absolute Gasteiger partial charge is 0.405 e. The van der Waals surface area contributed by atoms with E-state index in [1.165, 1.54) is 18.3 Å². The zero-order chi connectivity index (χ0) is 9.90. The molecule has 6 heteroatoms. The number of carbonyl (C=O) groups is 1. The van der Waals surface area contributed by atoms with Gasteiger partial charge in [-0.3, -0.25) is 4.79 Å². The highest BCUT2D eigenvalue weighted by Crippen LogP contribution is 2.12. The number of halogens is 3. The number of hydrogen-bond donors (Lipinski definition) is 2. The molecule has 0 radical (unpaired) electrons. The van der Waals surface area contributed by atoms with Crippen LogP contribution in [0.2, 0.25) is 0 Å². The Kier molecular flexibility index (Phi) is 2.60. The third kappa shape index (κ3) is 3.18. The summed E-state index contributed by atoms with van der Waals surface area (Å²) in [4.78, 5) is 13.4. The number of hydrogen-bond acceptors (Lipinski definition) is 1. The maximum Gasteiger partial charge on any atom is 0.405 e. The summed E-state index contributed by atoms with van der Waals surface area (Å²) in [5.74, 6) is -0.762. The summed E-state index contributed by atoms with van der Waals surface area (Å²) in [5.41, 5.74) is 0.115. The fourth-order valence-corrected chi connectivity index (χ4v) is 0.747. The second-order valence-corrected chi connectivity index (χ2v) is 2.38. The van der Waals surface area contributed by atoms with Gasteiger partial charge in [-0.15, -0.1) is 0 Å². The number of alkyl halides is 3. The molecule has 0 bridgehead atoms. The molecule has 13 heavy (non-hydrogen) atoms. The molecule has 0 spiro atoms. The van der Waals surface area contributed by atoms with E-state index in [-0.39, 0.29) is 5.69 Å². The Morgan fingerprint density at radius 3 is 2.69 bits per heavy atom. The lowest BCUT2D eigenvalue weighted by Gasteiger charge is -2.06. The van der Waals surface area contributed by atoms with Crippen LogP contribution >= 0.6 is 0 Å². The van der Waals surface area contributed by atoms with E-state index in [0.717, 1.165) is 0 Å². The van der Waals surface area contributed by atoms with Gasteiger partial charge in [0.15, 0.2) is 0 Å². The van der Waals surface area contributed by atoms with Crippen molar-refractivity contribution in [2.24, 2.45) is 0 Å². The van der Waals surface area contributed by atoms with Crippen molar-refractivity contribution in [3.8, 4) is 0 Å². The molecule has 3 nitrogen and oxygen atoms in total. The first kappa shape index (κ1) is 9.63. The van der Waals surface area contributed by atoms with E-state index in [0.29, 0.717) is 0 Å². The molecule has 0 unspecified atom stereocenters. The van der Waals surface area contributed by atoms with Crippen molar-refractivity contribution < 1.29 is 18.0 Å². The van der Waals surface area contributed by atoms with Crippen molar-refractivity contribution in [3.63, 3.8) is 0 Å². The molecular weight excluding hydrogens is 185 g/mol. The minimum Gasteiger partial charge on any atom is -0.357 e. The first-order valence-electron chi connectivity index (χ1n) is 3.47. The molecule has 0 saturated heterocycles. The molecule has 1 heterocycles. The zero-order valence-corrected chi connectivity index (χ0v) is 6.48. The van der Waals surface area contributed by atoms with Gasteiger partial charge in [-0.25, -0.2) is 0 Å². The summed E-state index contributed by atoms with van der Waals surface area (Å²) in [6, 6.07) is 2.92. The molecule has 1 aromatic rings. The van der Waals surface area contributed by atoms with Crippen LogP contribution < -0.4 is 5.32 Å². The predicted octanol–water partition coefficient (Wildman–Crippen LogP) is 1.31. The van der Waals surface area contributed by atoms with Gasteiger partial charge < -0.3 is 10.3 Å². The Labute approximate surface area is 71.9 Å². The second-order valence-electron chi connectivity index (χ2n) is 2.38. The normalized spacial score (nSPS) is 11.3. The minimum absolute atomic E-state index is 0.115. The number of rotatable bonds is 2. The summed E-state index contributed by atoms with van der Waals surface area (Å²) >= 11 is 0. The molecule has 0 saturated carbocycles. The van der Waals surface area contributed by atoms with Gasteiger partial charge in [0, 0.05) is 6.20 Å². The molecule has 72 valence electrons. The fourth-order valence-electron chi connectivity index (χ4n) is 0.747. The van der Waals surface area contributed by atoms with Gasteiger partial charge in [-0.2, -0.15) is 13.2 Å². The Bertz CT molecular complexity index is 278. The first-order chi connectivity index (χ1) is 5.99. The Morgan fingerprint density at radius 2 is 2.23 bits per heavy atom. The van der Waals surface area contributed by atoms with Gasteiger partial charge in [0.25, 0.3) is 5.91 Å². The second kappa shape index (κ2) is 3.51. The monoisotopic (exact) mass is 192 g/mol. The maximum atomic E-state index is 11.6. The smallest absolute Gasteiger partial charge is 0.357 e. The molecule has 1 rings (SSSR count). The Balaban J connectivity index is 2.44. The summed E-state index contributed by atoms with van der Waals surface area (Å²) in [6.07, 6.45) is -2.91. The lowest BCUT2D eigenvalue weighted by Crippen LogP contribution is -2.33. The fraction of sp³-hybridized carbons (Fsp3) is 0.286. The quantitative estimate of drug-likeness (QED) is 0.728. The van der Waals surface area contributed by atoms with Gasteiger partial charge in [0.2, 0.25) is 0 Å². The van der Waals surface area contributed by atoms with Crippen molar-refractivity contribution in [2.45, 2.75) is 6.18 Å². The van der Waals surface area contributed by atoms with Crippen LogP contribution in [0.3, 0.4) is 0 Å². The van der Waals surface area contributed by atoms with Crippen molar-refractivity contribution in [3.05, 3.63) is 24.0 Å². The molecule has 0 aromatic carbocycles. The Morgan fingerprint density at radius 1 is 1.54 bits per heavy atom. The summed E-state index contributed by atoms with van der Waals surface area (Å²) in [6.45, 7) is -1.31. The third-order valence-corrected chi connectivity index (χ3v) is 1.29. The number of amides is 1. The molecular formula is C7H7F3N2O. The van der Waals surface area contributed by atoms with E-state index in [4.69, 9.17) is 0 Å². The van der Waals surface area contributed by atoms with Crippen molar-refractivity contribution in [1.29, 1.82) is 0 Å². The lowest BCUT2D eigenvalue weighted by molar-refractivity contribution is -0.123. The maximum absolute atomic E-state index is 11.6. The zero-order valence-electron chi connectivity index (χ0n) is 6.48. The summed E-state index contributed by atoms with van der Waals surface area (Å²) in [7, 11) is 0. The number of H-pyrrole nitrogens is 1. The standard InChI is InChI=1S/C7H7F3N2O/c8-7(9,10)4-12-6(13)5-2-1-3-11-5/h1-3,11H,4H2,(H,12,13). The molecule has 0 aliphatic rings. The average molecular weight is 192 g/mol. The van der Waals surface area contributed by atoms with Crippen LogP contribution in [0, 0.1) is 0 Å². The molecule has 0 atom stereocenters. The SMILES string of the molecule is O=C(NCC(F)(F)F)c1ccc[nH]1. The van der Waals surface area contributed by atoms with Gasteiger partial charge in [-0.1, -0.05) is 0 Å². The minimum atomic E-state index is -4.37. The van der Waals surface area contributed by atoms with Crippen LogP contribution in [-0.4, -0.2) is 23.6 Å². The van der Waals surface area contributed by atoms with Crippen LogP contribution in [0.5, 0.6) is 0 Å². The third-order valence-electron chi connectivity index (χ3n) is 1.29. The van der Waals surface area contributed by atoms with Crippen molar-refractivity contribution in [2.75, 3.05) is 6.54 Å². The molecule has 0 aliphatic heterocycles. The van der Waals surface area contributed by atoms with Gasteiger partial charge in [0.05, 0.1) is 0 Å².